The molecule has 3 amide bonds. The second-order valence-electron chi connectivity index (χ2n) is 10.6. The van der Waals surface area contributed by atoms with Gasteiger partial charge in [-0.15, -0.1) is 0 Å². The van der Waals surface area contributed by atoms with Crippen molar-refractivity contribution in [3.63, 3.8) is 0 Å². The number of rotatable bonds is 11. The van der Waals surface area contributed by atoms with Crippen LogP contribution in [0.25, 0.3) is 0 Å². The summed E-state index contributed by atoms with van der Waals surface area (Å²) in [7, 11) is 1.58. The molecule has 1 aliphatic heterocycles. The Labute approximate surface area is 217 Å². The van der Waals surface area contributed by atoms with Crippen LogP contribution in [-0.4, -0.2) is 48.2 Å². The van der Waals surface area contributed by atoms with Crippen molar-refractivity contribution < 1.29 is 23.9 Å². The zero-order valence-corrected chi connectivity index (χ0v) is 21.6. The molecule has 4 rings (SSSR count). The quantitative estimate of drug-likeness (QED) is 0.434. The standard InChI is InChI=1S/C29H35N3O5/c1-28(15-16-28)25(34)22(17-19-7-5-4-6-8-19)30-26(35)23(18-20-9-11-21(37-3)12-10-20)31-27(36)29(2)14-13-24(33)32-29/h4-12,22-23H,13-18H2,1-3H3,(H,30,35)(H,31,36)(H,32,33)/t22-,23-,29+/m0/s1. The van der Waals surface area contributed by atoms with E-state index in [4.69, 9.17) is 4.74 Å². The first kappa shape index (κ1) is 26.4. The Morgan fingerprint density at radius 2 is 1.51 bits per heavy atom. The summed E-state index contributed by atoms with van der Waals surface area (Å²) in [6.07, 6.45) is 2.80. The predicted molar refractivity (Wildman–Crippen MR) is 139 cm³/mol. The lowest BCUT2D eigenvalue weighted by molar-refractivity contribution is -0.135. The molecule has 0 aromatic heterocycles. The first-order valence-electron chi connectivity index (χ1n) is 12.8. The molecule has 1 aliphatic carbocycles. The Morgan fingerprint density at radius 3 is 2.08 bits per heavy atom. The Morgan fingerprint density at radius 1 is 0.892 bits per heavy atom. The molecule has 0 bridgehead atoms. The fourth-order valence-electron chi connectivity index (χ4n) is 4.68. The summed E-state index contributed by atoms with van der Waals surface area (Å²) in [5, 5.41) is 8.53. The fourth-order valence-corrected chi connectivity index (χ4v) is 4.68. The van der Waals surface area contributed by atoms with E-state index in [1.165, 1.54) is 0 Å². The molecule has 2 aromatic carbocycles. The summed E-state index contributed by atoms with van der Waals surface area (Å²) in [5.74, 6) is -0.363. The summed E-state index contributed by atoms with van der Waals surface area (Å²) in [4.78, 5) is 52.0. The number of hydrogen-bond donors (Lipinski definition) is 3. The van der Waals surface area contributed by atoms with Gasteiger partial charge in [0.2, 0.25) is 17.7 Å². The maximum absolute atomic E-state index is 13.7. The lowest BCUT2D eigenvalue weighted by atomic mass is 9.92. The van der Waals surface area contributed by atoms with Crippen LogP contribution in [-0.2, 0) is 32.0 Å². The van der Waals surface area contributed by atoms with Gasteiger partial charge in [-0.1, -0.05) is 49.4 Å². The number of carbonyl (C=O) groups excluding carboxylic acids is 4. The van der Waals surface area contributed by atoms with Crippen molar-refractivity contribution in [2.24, 2.45) is 5.41 Å². The summed E-state index contributed by atoms with van der Waals surface area (Å²) in [5.41, 5.74) is 0.253. The minimum absolute atomic E-state index is 0.00856. The number of nitrogens with one attached hydrogen (secondary N) is 3. The van der Waals surface area contributed by atoms with Crippen LogP contribution in [0.15, 0.2) is 54.6 Å². The van der Waals surface area contributed by atoms with Crippen LogP contribution in [0.4, 0.5) is 0 Å². The topological polar surface area (TPSA) is 114 Å². The van der Waals surface area contributed by atoms with Crippen LogP contribution in [0.2, 0.25) is 0 Å². The molecule has 1 heterocycles. The fraction of sp³-hybridized carbons (Fsp3) is 0.448. The van der Waals surface area contributed by atoms with E-state index in [1.54, 1.807) is 26.2 Å². The zero-order valence-electron chi connectivity index (χ0n) is 21.6. The van der Waals surface area contributed by atoms with E-state index in [2.05, 4.69) is 16.0 Å². The van der Waals surface area contributed by atoms with Gasteiger partial charge in [0, 0.05) is 18.3 Å². The maximum atomic E-state index is 13.7. The Balaban J connectivity index is 1.55. The average Bonchev–Trinajstić information content (AvgIpc) is 3.55. The van der Waals surface area contributed by atoms with Gasteiger partial charge in [-0.3, -0.25) is 19.2 Å². The highest BCUT2D eigenvalue weighted by molar-refractivity contribution is 5.99. The molecule has 1 saturated heterocycles. The molecule has 0 unspecified atom stereocenters. The average molecular weight is 506 g/mol. The van der Waals surface area contributed by atoms with Crippen LogP contribution in [0.5, 0.6) is 5.75 Å². The maximum Gasteiger partial charge on any atom is 0.246 e. The number of benzene rings is 2. The smallest absolute Gasteiger partial charge is 0.246 e. The SMILES string of the molecule is COc1ccc(C[C@H](NC(=O)[C@@]2(C)CCC(=O)N2)C(=O)N[C@@H](Cc2ccccc2)C(=O)C2(C)CC2)cc1. The van der Waals surface area contributed by atoms with Crippen molar-refractivity contribution in [3.8, 4) is 5.75 Å². The van der Waals surface area contributed by atoms with Crippen molar-refractivity contribution >= 4 is 23.5 Å². The lowest BCUT2D eigenvalue weighted by Crippen LogP contribution is -2.59. The van der Waals surface area contributed by atoms with E-state index in [9.17, 15) is 19.2 Å². The largest absolute Gasteiger partial charge is 0.497 e. The van der Waals surface area contributed by atoms with E-state index in [0.717, 1.165) is 24.0 Å². The van der Waals surface area contributed by atoms with E-state index in [0.29, 0.717) is 18.6 Å². The van der Waals surface area contributed by atoms with Crippen molar-refractivity contribution in [1.29, 1.82) is 0 Å². The normalized spacial score (nSPS) is 21.3. The van der Waals surface area contributed by atoms with E-state index in [1.807, 2.05) is 49.4 Å². The highest BCUT2D eigenvalue weighted by atomic mass is 16.5. The first-order valence-corrected chi connectivity index (χ1v) is 12.8. The van der Waals surface area contributed by atoms with Crippen LogP contribution >= 0.6 is 0 Å². The minimum Gasteiger partial charge on any atom is -0.497 e. The second-order valence-corrected chi connectivity index (χ2v) is 10.6. The van der Waals surface area contributed by atoms with Crippen molar-refractivity contribution in [3.05, 3.63) is 65.7 Å². The molecule has 3 N–H and O–H groups in total. The van der Waals surface area contributed by atoms with Crippen LogP contribution in [0, 0.1) is 5.41 Å². The molecule has 3 atom stereocenters. The molecule has 0 spiro atoms. The van der Waals surface area contributed by atoms with Gasteiger partial charge >= 0.3 is 0 Å². The molecule has 2 fully saturated rings. The third-order valence-electron chi connectivity index (χ3n) is 7.50. The zero-order chi connectivity index (χ0) is 26.6. The number of Topliss-reactive ketones (excluding diaryl/α,β-unsaturated/α-hetero) is 1. The lowest BCUT2D eigenvalue weighted by Gasteiger charge is -2.28. The monoisotopic (exact) mass is 505 g/mol. The second kappa shape index (κ2) is 10.7. The van der Waals surface area contributed by atoms with Crippen molar-refractivity contribution in [2.75, 3.05) is 7.11 Å². The Kier molecular flexibility index (Phi) is 7.66. The highest BCUT2D eigenvalue weighted by Crippen LogP contribution is 2.46. The van der Waals surface area contributed by atoms with Gasteiger partial charge in [0.05, 0.1) is 13.2 Å². The van der Waals surface area contributed by atoms with Gasteiger partial charge in [-0.2, -0.15) is 0 Å². The third kappa shape index (κ3) is 6.37. The molecule has 37 heavy (non-hydrogen) atoms. The molecular weight excluding hydrogens is 470 g/mol. The van der Waals surface area contributed by atoms with Gasteiger partial charge in [0.25, 0.3) is 0 Å². The van der Waals surface area contributed by atoms with Gasteiger partial charge < -0.3 is 20.7 Å². The Bertz CT molecular complexity index is 1160. The molecule has 2 aliphatic rings. The summed E-state index contributed by atoms with van der Waals surface area (Å²) < 4.78 is 5.22. The van der Waals surface area contributed by atoms with E-state index >= 15 is 0 Å². The van der Waals surface area contributed by atoms with Crippen molar-refractivity contribution in [1.82, 2.24) is 16.0 Å². The number of hydrogen-bond acceptors (Lipinski definition) is 5. The molecule has 8 heteroatoms. The molecule has 1 saturated carbocycles. The van der Waals surface area contributed by atoms with Gasteiger partial charge in [0.1, 0.15) is 17.3 Å². The molecule has 196 valence electrons. The number of carbonyl (C=O) groups is 4. The first-order chi connectivity index (χ1) is 17.6. The summed E-state index contributed by atoms with van der Waals surface area (Å²) in [6.45, 7) is 3.59. The third-order valence-corrected chi connectivity index (χ3v) is 7.50. The van der Waals surface area contributed by atoms with Gasteiger partial charge in [-0.05, 0) is 55.9 Å². The molecule has 0 radical (unpaired) electrons. The van der Waals surface area contributed by atoms with Crippen LogP contribution < -0.4 is 20.7 Å². The number of amides is 3. The highest BCUT2D eigenvalue weighted by Gasteiger charge is 2.48. The van der Waals surface area contributed by atoms with E-state index in [-0.39, 0.29) is 24.5 Å². The Hall–Kier alpha value is -3.68. The summed E-state index contributed by atoms with van der Waals surface area (Å²) in [6, 6.07) is 15.2. The molecule has 2 aromatic rings. The molecule has 8 nitrogen and oxygen atoms in total. The van der Waals surface area contributed by atoms with E-state index < -0.39 is 34.9 Å². The van der Waals surface area contributed by atoms with Gasteiger partial charge in [-0.25, -0.2) is 0 Å². The number of ketones is 1. The van der Waals surface area contributed by atoms with Crippen molar-refractivity contribution in [2.45, 2.75) is 70.0 Å². The predicted octanol–water partition coefficient (Wildman–Crippen LogP) is 2.49. The number of ether oxygens (including phenoxy) is 1. The van der Waals surface area contributed by atoms with Gasteiger partial charge in [0.15, 0.2) is 5.78 Å². The minimum atomic E-state index is -1.09. The molecular formula is C29H35N3O5. The van der Waals surface area contributed by atoms with Crippen LogP contribution in [0.3, 0.4) is 0 Å². The van der Waals surface area contributed by atoms with Crippen LogP contribution in [0.1, 0.15) is 50.7 Å². The summed E-state index contributed by atoms with van der Waals surface area (Å²) >= 11 is 0. The number of methoxy groups -OCH3 is 1.